The number of carboxylic acids is 1. The molecule has 0 saturated heterocycles. The predicted molar refractivity (Wildman–Crippen MR) is 76.9 cm³/mol. The fraction of sp³-hybridized carbons (Fsp3) is 0.333. The third-order valence-corrected chi connectivity index (χ3v) is 3.40. The van der Waals surface area contributed by atoms with Gasteiger partial charge in [0.15, 0.2) is 6.61 Å². The highest BCUT2D eigenvalue weighted by Gasteiger charge is 2.16. The van der Waals surface area contributed by atoms with E-state index in [-0.39, 0.29) is 40.5 Å². The Labute approximate surface area is 131 Å². The summed E-state index contributed by atoms with van der Waals surface area (Å²) in [4.78, 5) is 23.5. The van der Waals surface area contributed by atoms with E-state index >= 15 is 0 Å². The number of nitrogens with zero attached hydrogens (tertiary/aromatic N) is 1. The van der Waals surface area contributed by atoms with Crippen LogP contribution < -0.4 is 4.74 Å². The lowest BCUT2D eigenvalue weighted by molar-refractivity contribution is -0.145. The van der Waals surface area contributed by atoms with Crippen LogP contribution in [-0.4, -0.2) is 41.6 Å². The van der Waals surface area contributed by atoms with E-state index in [4.69, 9.17) is 44.6 Å². The van der Waals surface area contributed by atoms with Crippen LogP contribution in [0.4, 0.5) is 0 Å². The fourth-order valence-corrected chi connectivity index (χ4v) is 1.98. The highest BCUT2D eigenvalue weighted by molar-refractivity contribution is 6.43. The SMILES string of the molecule is CCN(CC(=O)O)C(=O)COc1cc(Cl)c(Cl)cc1Cl. The van der Waals surface area contributed by atoms with Gasteiger partial charge in [0.1, 0.15) is 12.3 Å². The molecule has 20 heavy (non-hydrogen) atoms. The number of carbonyl (C=O) groups is 2. The Morgan fingerprint density at radius 3 is 2.35 bits per heavy atom. The van der Waals surface area contributed by atoms with Gasteiger partial charge in [-0.15, -0.1) is 0 Å². The van der Waals surface area contributed by atoms with Crippen LogP contribution in [0.2, 0.25) is 15.1 Å². The van der Waals surface area contributed by atoms with Crippen molar-refractivity contribution in [2.75, 3.05) is 19.7 Å². The molecular formula is C12H12Cl3NO4. The monoisotopic (exact) mass is 339 g/mol. The number of ether oxygens (including phenoxy) is 1. The number of benzene rings is 1. The maximum atomic E-state index is 11.8. The van der Waals surface area contributed by atoms with Crippen LogP contribution in [0.15, 0.2) is 12.1 Å². The summed E-state index contributed by atoms with van der Waals surface area (Å²) < 4.78 is 5.24. The van der Waals surface area contributed by atoms with Crippen LogP contribution in [0.1, 0.15) is 6.92 Å². The molecule has 0 unspecified atom stereocenters. The summed E-state index contributed by atoms with van der Waals surface area (Å²) in [5, 5.41) is 9.41. The molecule has 0 aliphatic carbocycles. The number of carbonyl (C=O) groups excluding carboxylic acids is 1. The van der Waals surface area contributed by atoms with E-state index in [1.165, 1.54) is 12.1 Å². The van der Waals surface area contributed by atoms with Gasteiger partial charge in [-0.05, 0) is 13.0 Å². The number of hydrogen-bond acceptors (Lipinski definition) is 3. The molecular weight excluding hydrogens is 328 g/mol. The molecule has 5 nitrogen and oxygen atoms in total. The summed E-state index contributed by atoms with van der Waals surface area (Å²) in [7, 11) is 0. The Hall–Kier alpha value is -1.17. The van der Waals surface area contributed by atoms with E-state index in [1.807, 2.05) is 0 Å². The standard InChI is InChI=1S/C12H12Cl3NO4/c1-2-16(5-12(18)19)11(17)6-20-10-4-8(14)7(13)3-9(10)15/h3-4H,2,5-6H2,1H3,(H,18,19). The van der Waals surface area contributed by atoms with Crippen LogP contribution in [0, 0.1) is 0 Å². The zero-order chi connectivity index (χ0) is 15.3. The highest BCUT2D eigenvalue weighted by atomic mass is 35.5. The van der Waals surface area contributed by atoms with E-state index in [2.05, 4.69) is 0 Å². The van der Waals surface area contributed by atoms with Crippen molar-refractivity contribution < 1.29 is 19.4 Å². The number of hydrogen-bond donors (Lipinski definition) is 1. The summed E-state index contributed by atoms with van der Waals surface area (Å²) in [6.07, 6.45) is 0. The maximum Gasteiger partial charge on any atom is 0.323 e. The minimum Gasteiger partial charge on any atom is -0.482 e. The van der Waals surface area contributed by atoms with Crippen LogP contribution >= 0.6 is 34.8 Å². The summed E-state index contributed by atoms with van der Waals surface area (Å²) in [6.45, 7) is 1.23. The molecule has 1 amide bonds. The first kappa shape index (κ1) is 16.9. The number of amides is 1. The highest BCUT2D eigenvalue weighted by Crippen LogP contribution is 2.33. The number of carboxylic acid groups (broad SMARTS) is 1. The summed E-state index contributed by atoms with van der Waals surface area (Å²) in [5.41, 5.74) is 0. The molecule has 0 spiro atoms. The molecule has 0 aromatic heterocycles. The Kier molecular flexibility index (Phi) is 6.39. The van der Waals surface area contributed by atoms with Gasteiger partial charge in [0.05, 0.1) is 15.1 Å². The fourth-order valence-electron chi connectivity index (χ4n) is 1.39. The maximum absolute atomic E-state index is 11.8. The van der Waals surface area contributed by atoms with Gasteiger partial charge in [0.2, 0.25) is 0 Å². The van der Waals surface area contributed by atoms with Gasteiger partial charge >= 0.3 is 5.97 Å². The van der Waals surface area contributed by atoms with Crippen LogP contribution in [0.5, 0.6) is 5.75 Å². The zero-order valence-electron chi connectivity index (χ0n) is 10.5. The van der Waals surface area contributed by atoms with Crippen molar-refractivity contribution in [1.29, 1.82) is 0 Å². The molecule has 0 radical (unpaired) electrons. The van der Waals surface area contributed by atoms with Gasteiger partial charge < -0.3 is 14.7 Å². The second kappa shape index (κ2) is 7.57. The number of likely N-dealkylation sites (N-methyl/N-ethyl adjacent to an activating group) is 1. The molecule has 0 bridgehead atoms. The van der Waals surface area contributed by atoms with Gasteiger partial charge in [0.25, 0.3) is 5.91 Å². The van der Waals surface area contributed by atoms with Crippen molar-refractivity contribution in [2.45, 2.75) is 6.92 Å². The van der Waals surface area contributed by atoms with Gasteiger partial charge in [-0.1, -0.05) is 34.8 Å². The summed E-state index contributed by atoms with van der Waals surface area (Å²) in [5.74, 6) is -1.34. The molecule has 110 valence electrons. The molecule has 0 aliphatic heterocycles. The Bertz CT molecular complexity index is 522. The van der Waals surface area contributed by atoms with Crippen molar-refractivity contribution in [2.24, 2.45) is 0 Å². The second-order valence-corrected chi connectivity index (χ2v) is 5.01. The smallest absolute Gasteiger partial charge is 0.323 e. The zero-order valence-corrected chi connectivity index (χ0v) is 12.8. The largest absolute Gasteiger partial charge is 0.482 e. The van der Waals surface area contributed by atoms with Crippen LogP contribution in [0.25, 0.3) is 0 Å². The Morgan fingerprint density at radius 2 is 1.80 bits per heavy atom. The van der Waals surface area contributed by atoms with Crippen molar-refractivity contribution in [1.82, 2.24) is 4.90 Å². The minimum atomic E-state index is -1.09. The van der Waals surface area contributed by atoms with E-state index < -0.39 is 11.9 Å². The summed E-state index contributed by atoms with van der Waals surface area (Å²) in [6, 6.07) is 2.80. The topological polar surface area (TPSA) is 66.8 Å². The molecule has 0 saturated carbocycles. The van der Waals surface area contributed by atoms with E-state index in [0.29, 0.717) is 0 Å². The van der Waals surface area contributed by atoms with Crippen molar-refractivity contribution in [3.63, 3.8) is 0 Å². The predicted octanol–water partition coefficient (Wildman–Crippen LogP) is 2.96. The summed E-state index contributed by atoms with van der Waals surface area (Å²) >= 11 is 17.5. The lowest BCUT2D eigenvalue weighted by atomic mass is 10.3. The quantitative estimate of drug-likeness (QED) is 0.809. The first-order chi connectivity index (χ1) is 9.35. The number of rotatable bonds is 6. The van der Waals surface area contributed by atoms with E-state index in [9.17, 15) is 9.59 Å². The molecule has 0 fully saturated rings. The Balaban J connectivity index is 2.69. The molecule has 8 heteroatoms. The van der Waals surface area contributed by atoms with Gasteiger partial charge in [-0.2, -0.15) is 0 Å². The van der Waals surface area contributed by atoms with Crippen molar-refractivity contribution in [3.8, 4) is 5.75 Å². The number of halogens is 3. The second-order valence-electron chi connectivity index (χ2n) is 3.79. The number of aliphatic carboxylic acids is 1. The molecule has 1 aromatic rings. The lowest BCUT2D eigenvalue weighted by Gasteiger charge is -2.19. The molecule has 0 aliphatic rings. The van der Waals surface area contributed by atoms with E-state index in [0.717, 1.165) is 4.90 Å². The Morgan fingerprint density at radius 1 is 1.20 bits per heavy atom. The van der Waals surface area contributed by atoms with Crippen molar-refractivity contribution in [3.05, 3.63) is 27.2 Å². The third-order valence-electron chi connectivity index (χ3n) is 2.39. The average molecular weight is 341 g/mol. The van der Waals surface area contributed by atoms with Crippen molar-refractivity contribution >= 4 is 46.7 Å². The van der Waals surface area contributed by atoms with Crippen LogP contribution in [-0.2, 0) is 9.59 Å². The van der Waals surface area contributed by atoms with Gasteiger partial charge in [-0.3, -0.25) is 9.59 Å². The van der Waals surface area contributed by atoms with Gasteiger partial charge in [0, 0.05) is 12.6 Å². The normalized spacial score (nSPS) is 10.2. The molecule has 1 N–H and O–H groups in total. The molecule has 0 atom stereocenters. The van der Waals surface area contributed by atoms with E-state index in [1.54, 1.807) is 6.92 Å². The lowest BCUT2D eigenvalue weighted by Crippen LogP contribution is -2.38. The molecule has 0 heterocycles. The third kappa shape index (κ3) is 4.74. The molecule has 1 rings (SSSR count). The average Bonchev–Trinajstić information content (AvgIpc) is 2.38. The van der Waals surface area contributed by atoms with Gasteiger partial charge in [-0.25, -0.2) is 0 Å². The minimum absolute atomic E-state index is 0.209. The molecule has 1 aromatic carbocycles. The first-order valence-electron chi connectivity index (χ1n) is 5.62. The van der Waals surface area contributed by atoms with Crippen LogP contribution in [0.3, 0.4) is 0 Å². The first-order valence-corrected chi connectivity index (χ1v) is 6.75.